The van der Waals surface area contributed by atoms with E-state index in [1.54, 1.807) is 14.2 Å². The lowest BCUT2D eigenvalue weighted by Crippen LogP contribution is -2.45. The molecule has 0 radical (unpaired) electrons. The van der Waals surface area contributed by atoms with E-state index in [0.29, 0.717) is 12.6 Å². The minimum atomic E-state index is 0.689. The van der Waals surface area contributed by atoms with E-state index in [1.807, 2.05) is 32.3 Å². The molecule has 1 atom stereocenters. The Morgan fingerprint density at radius 1 is 1.31 bits per heavy atom. The van der Waals surface area contributed by atoms with Crippen LogP contribution in [-0.2, 0) is 6.54 Å². The van der Waals surface area contributed by atoms with Crippen LogP contribution in [0.15, 0.2) is 23.2 Å². The predicted molar refractivity (Wildman–Crippen MR) is 107 cm³/mol. The van der Waals surface area contributed by atoms with Crippen LogP contribution in [0.5, 0.6) is 11.5 Å². The molecule has 1 aliphatic rings. The van der Waals surface area contributed by atoms with E-state index in [2.05, 4.69) is 27.0 Å². The van der Waals surface area contributed by atoms with Crippen molar-refractivity contribution in [1.82, 2.24) is 15.1 Å². The SMILES string of the molecule is CN=C(NCCN1CCCCC1C)N(C)Cc1ccc(OC)cc1OC. The first-order valence-electron chi connectivity index (χ1n) is 9.45. The third-order valence-corrected chi connectivity index (χ3v) is 5.10. The van der Waals surface area contributed by atoms with Crippen LogP contribution in [-0.4, -0.2) is 69.8 Å². The molecule has 2 rings (SSSR count). The second kappa shape index (κ2) is 10.3. The Bertz CT molecular complexity index is 591. The standard InChI is InChI=1S/C20H34N4O2/c1-16-8-6-7-12-24(16)13-11-22-20(21-2)23(3)15-17-9-10-18(25-4)14-19(17)26-5/h9-10,14,16H,6-8,11-13,15H2,1-5H3,(H,21,22). The number of methoxy groups -OCH3 is 2. The van der Waals surface area contributed by atoms with Gasteiger partial charge in [0.25, 0.3) is 0 Å². The zero-order valence-corrected chi connectivity index (χ0v) is 16.9. The highest BCUT2D eigenvalue weighted by atomic mass is 16.5. The average molecular weight is 363 g/mol. The van der Waals surface area contributed by atoms with E-state index >= 15 is 0 Å². The molecule has 26 heavy (non-hydrogen) atoms. The number of benzene rings is 1. The van der Waals surface area contributed by atoms with Crippen LogP contribution in [0.3, 0.4) is 0 Å². The fourth-order valence-corrected chi connectivity index (χ4v) is 3.50. The summed E-state index contributed by atoms with van der Waals surface area (Å²) in [7, 11) is 7.22. The molecule has 6 nitrogen and oxygen atoms in total. The van der Waals surface area contributed by atoms with Crippen LogP contribution in [0.2, 0.25) is 0 Å². The third kappa shape index (κ3) is 5.53. The Morgan fingerprint density at radius 2 is 2.12 bits per heavy atom. The molecule has 0 aromatic heterocycles. The van der Waals surface area contributed by atoms with E-state index < -0.39 is 0 Å². The molecule has 1 fully saturated rings. The maximum Gasteiger partial charge on any atom is 0.193 e. The number of nitrogens with one attached hydrogen (secondary N) is 1. The van der Waals surface area contributed by atoms with Gasteiger partial charge in [0.2, 0.25) is 0 Å². The number of hydrogen-bond acceptors (Lipinski definition) is 4. The first kappa shape index (κ1) is 20.4. The van der Waals surface area contributed by atoms with E-state index in [9.17, 15) is 0 Å². The van der Waals surface area contributed by atoms with Gasteiger partial charge >= 0.3 is 0 Å². The van der Waals surface area contributed by atoms with Crippen LogP contribution in [0, 0.1) is 0 Å². The number of piperidine rings is 1. The van der Waals surface area contributed by atoms with Crippen molar-refractivity contribution >= 4 is 5.96 Å². The summed E-state index contributed by atoms with van der Waals surface area (Å²) in [5.41, 5.74) is 1.10. The molecule has 1 aliphatic heterocycles. The molecule has 0 aliphatic carbocycles. The quantitative estimate of drug-likeness (QED) is 0.597. The van der Waals surface area contributed by atoms with Crippen molar-refractivity contribution in [2.75, 3.05) is 47.9 Å². The molecular weight excluding hydrogens is 328 g/mol. The average Bonchev–Trinajstić information content (AvgIpc) is 2.66. The fourth-order valence-electron chi connectivity index (χ4n) is 3.50. The number of guanidine groups is 1. The van der Waals surface area contributed by atoms with Gasteiger partial charge in [-0.25, -0.2) is 0 Å². The van der Waals surface area contributed by atoms with E-state index in [-0.39, 0.29) is 0 Å². The molecular formula is C20H34N4O2. The minimum Gasteiger partial charge on any atom is -0.497 e. The molecule has 1 saturated heterocycles. The summed E-state index contributed by atoms with van der Waals surface area (Å²) in [6.45, 7) is 6.21. The molecule has 146 valence electrons. The highest BCUT2D eigenvalue weighted by Crippen LogP contribution is 2.25. The Labute approximate surface area is 158 Å². The summed E-state index contributed by atoms with van der Waals surface area (Å²) < 4.78 is 10.8. The predicted octanol–water partition coefficient (Wildman–Crippen LogP) is 2.59. The normalized spacial score (nSPS) is 18.5. The van der Waals surface area contributed by atoms with E-state index in [4.69, 9.17) is 9.47 Å². The molecule has 1 heterocycles. The summed E-state index contributed by atoms with van der Waals surface area (Å²) >= 11 is 0. The first-order chi connectivity index (χ1) is 12.6. The zero-order valence-electron chi connectivity index (χ0n) is 16.9. The monoisotopic (exact) mass is 362 g/mol. The number of aliphatic imine (C=N–C) groups is 1. The molecule has 0 spiro atoms. The lowest BCUT2D eigenvalue weighted by Gasteiger charge is -2.33. The molecule has 1 N–H and O–H groups in total. The summed E-state index contributed by atoms with van der Waals surface area (Å²) in [6.07, 6.45) is 3.99. The Morgan fingerprint density at radius 3 is 2.77 bits per heavy atom. The molecule has 6 heteroatoms. The van der Waals surface area contributed by atoms with Crippen molar-refractivity contribution in [3.05, 3.63) is 23.8 Å². The van der Waals surface area contributed by atoms with Crippen molar-refractivity contribution in [1.29, 1.82) is 0 Å². The zero-order chi connectivity index (χ0) is 18.9. The van der Waals surface area contributed by atoms with Gasteiger partial charge in [-0.15, -0.1) is 0 Å². The molecule has 0 amide bonds. The molecule has 0 bridgehead atoms. The maximum atomic E-state index is 5.50. The number of rotatable bonds is 7. The number of hydrogen-bond donors (Lipinski definition) is 1. The van der Waals surface area contributed by atoms with Gasteiger partial charge in [-0.05, 0) is 38.4 Å². The van der Waals surface area contributed by atoms with Gasteiger partial charge in [0.05, 0.1) is 14.2 Å². The first-order valence-corrected chi connectivity index (χ1v) is 9.45. The van der Waals surface area contributed by atoms with Crippen LogP contribution >= 0.6 is 0 Å². The highest BCUT2D eigenvalue weighted by Gasteiger charge is 2.18. The van der Waals surface area contributed by atoms with Crippen molar-refractivity contribution in [3.63, 3.8) is 0 Å². The fraction of sp³-hybridized carbons (Fsp3) is 0.650. The third-order valence-electron chi connectivity index (χ3n) is 5.10. The van der Waals surface area contributed by atoms with Gasteiger partial charge in [0.1, 0.15) is 11.5 Å². The van der Waals surface area contributed by atoms with Gasteiger partial charge in [-0.3, -0.25) is 9.89 Å². The van der Waals surface area contributed by atoms with Crippen LogP contribution < -0.4 is 14.8 Å². The topological polar surface area (TPSA) is 49.3 Å². The molecule has 1 unspecified atom stereocenters. The van der Waals surface area contributed by atoms with Crippen molar-refractivity contribution < 1.29 is 9.47 Å². The Kier molecular flexibility index (Phi) is 8.04. The highest BCUT2D eigenvalue weighted by molar-refractivity contribution is 5.79. The van der Waals surface area contributed by atoms with E-state index in [1.165, 1.54) is 25.8 Å². The van der Waals surface area contributed by atoms with Gasteiger partial charge in [0, 0.05) is 51.4 Å². The van der Waals surface area contributed by atoms with Gasteiger partial charge < -0.3 is 19.7 Å². The molecule has 1 aromatic rings. The Hall–Kier alpha value is -1.95. The molecule has 0 saturated carbocycles. The number of nitrogens with zero attached hydrogens (tertiary/aromatic N) is 3. The van der Waals surface area contributed by atoms with Crippen molar-refractivity contribution in [3.8, 4) is 11.5 Å². The van der Waals surface area contributed by atoms with Gasteiger partial charge in [-0.2, -0.15) is 0 Å². The van der Waals surface area contributed by atoms with Crippen LogP contribution in [0.25, 0.3) is 0 Å². The van der Waals surface area contributed by atoms with Crippen LogP contribution in [0.1, 0.15) is 31.7 Å². The summed E-state index contributed by atoms with van der Waals surface area (Å²) in [5.74, 6) is 2.52. The van der Waals surface area contributed by atoms with Crippen molar-refractivity contribution in [2.45, 2.75) is 38.8 Å². The van der Waals surface area contributed by atoms with E-state index in [0.717, 1.165) is 36.1 Å². The smallest absolute Gasteiger partial charge is 0.193 e. The maximum absolute atomic E-state index is 5.50. The molecule has 1 aromatic carbocycles. The van der Waals surface area contributed by atoms with Gasteiger partial charge in [0.15, 0.2) is 5.96 Å². The summed E-state index contributed by atoms with van der Waals surface area (Å²) in [6, 6.07) is 6.60. The Balaban J connectivity index is 1.89. The van der Waals surface area contributed by atoms with Crippen molar-refractivity contribution in [2.24, 2.45) is 4.99 Å². The number of ether oxygens (including phenoxy) is 2. The number of likely N-dealkylation sites (tertiary alicyclic amines) is 1. The van der Waals surface area contributed by atoms with Gasteiger partial charge in [-0.1, -0.05) is 6.42 Å². The minimum absolute atomic E-state index is 0.689. The lowest BCUT2D eigenvalue weighted by molar-refractivity contribution is 0.163. The second-order valence-corrected chi connectivity index (χ2v) is 6.89. The largest absolute Gasteiger partial charge is 0.497 e. The summed E-state index contributed by atoms with van der Waals surface area (Å²) in [4.78, 5) is 9.10. The lowest BCUT2D eigenvalue weighted by atomic mass is 10.0. The van der Waals surface area contributed by atoms with Crippen LogP contribution in [0.4, 0.5) is 0 Å². The summed E-state index contributed by atoms with van der Waals surface area (Å²) in [5, 5.41) is 3.49. The second-order valence-electron chi connectivity index (χ2n) is 6.89.